The van der Waals surface area contributed by atoms with Gasteiger partial charge in [-0.25, -0.2) is 4.79 Å². The standard InChI is InChI=1S/C18H16Cl2N2O2/c1-2-18(13-6-4-3-5-7-13)16(23)22(17(24)21-18)11-12-8-9-14(19)15(20)10-12/h3-10H,2,11H2,1H3,(H,21,24). The number of halogens is 2. The Hall–Kier alpha value is -2.04. The van der Waals surface area contributed by atoms with Crippen molar-refractivity contribution in [2.24, 2.45) is 0 Å². The molecule has 1 atom stereocenters. The van der Waals surface area contributed by atoms with Crippen LogP contribution in [-0.4, -0.2) is 16.8 Å². The van der Waals surface area contributed by atoms with Crippen LogP contribution in [0.5, 0.6) is 0 Å². The minimum Gasteiger partial charge on any atom is -0.319 e. The summed E-state index contributed by atoms with van der Waals surface area (Å²) in [5.41, 5.74) is 0.504. The molecule has 1 aliphatic heterocycles. The topological polar surface area (TPSA) is 49.4 Å². The van der Waals surface area contributed by atoms with Crippen LogP contribution < -0.4 is 5.32 Å². The second kappa shape index (κ2) is 6.46. The van der Waals surface area contributed by atoms with Crippen LogP contribution in [0.1, 0.15) is 24.5 Å². The second-order valence-corrected chi connectivity index (χ2v) is 6.51. The van der Waals surface area contributed by atoms with E-state index in [-0.39, 0.29) is 12.5 Å². The molecular weight excluding hydrogens is 347 g/mol. The third kappa shape index (κ3) is 2.76. The zero-order chi connectivity index (χ0) is 17.3. The Morgan fingerprint density at radius 1 is 1.04 bits per heavy atom. The number of rotatable bonds is 4. The first-order valence-electron chi connectivity index (χ1n) is 7.61. The van der Waals surface area contributed by atoms with Gasteiger partial charge in [-0.3, -0.25) is 9.69 Å². The van der Waals surface area contributed by atoms with Gasteiger partial charge >= 0.3 is 6.03 Å². The Bertz CT molecular complexity index is 795. The molecule has 4 nitrogen and oxygen atoms in total. The smallest absolute Gasteiger partial charge is 0.319 e. The average Bonchev–Trinajstić information content (AvgIpc) is 2.84. The fourth-order valence-electron chi connectivity index (χ4n) is 2.95. The zero-order valence-corrected chi connectivity index (χ0v) is 14.6. The number of imide groups is 1. The van der Waals surface area contributed by atoms with Gasteiger partial charge < -0.3 is 5.32 Å². The predicted octanol–water partition coefficient (Wildman–Crippen LogP) is 4.35. The third-order valence-electron chi connectivity index (χ3n) is 4.30. The van der Waals surface area contributed by atoms with E-state index in [1.54, 1.807) is 18.2 Å². The number of carbonyl (C=O) groups excluding carboxylic acids is 2. The quantitative estimate of drug-likeness (QED) is 0.821. The lowest BCUT2D eigenvalue weighted by atomic mass is 9.87. The molecule has 0 radical (unpaired) electrons. The van der Waals surface area contributed by atoms with E-state index in [1.807, 2.05) is 37.3 Å². The van der Waals surface area contributed by atoms with Crippen molar-refractivity contribution in [3.63, 3.8) is 0 Å². The van der Waals surface area contributed by atoms with Crippen LogP contribution in [-0.2, 0) is 16.9 Å². The molecule has 1 heterocycles. The number of urea groups is 1. The Labute approximate surface area is 150 Å². The fraction of sp³-hybridized carbons (Fsp3) is 0.222. The molecule has 124 valence electrons. The van der Waals surface area contributed by atoms with Gasteiger partial charge in [0.2, 0.25) is 0 Å². The van der Waals surface area contributed by atoms with E-state index in [4.69, 9.17) is 23.2 Å². The predicted molar refractivity (Wildman–Crippen MR) is 94.0 cm³/mol. The molecule has 1 unspecified atom stereocenters. The first kappa shape index (κ1) is 16.8. The molecule has 6 heteroatoms. The molecule has 1 saturated heterocycles. The van der Waals surface area contributed by atoms with E-state index in [9.17, 15) is 9.59 Å². The fourth-order valence-corrected chi connectivity index (χ4v) is 3.27. The molecule has 2 aromatic rings. The Balaban J connectivity index is 1.92. The molecule has 1 fully saturated rings. The summed E-state index contributed by atoms with van der Waals surface area (Å²) in [7, 11) is 0. The first-order chi connectivity index (χ1) is 11.5. The van der Waals surface area contributed by atoms with E-state index in [2.05, 4.69) is 5.32 Å². The number of amides is 3. The molecule has 0 aliphatic carbocycles. The summed E-state index contributed by atoms with van der Waals surface area (Å²) < 4.78 is 0. The molecule has 0 saturated carbocycles. The number of hydrogen-bond acceptors (Lipinski definition) is 2. The van der Waals surface area contributed by atoms with Gasteiger partial charge in [0.25, 0.3) is 5.91 Å². The monoisotopic (exact) mass is 362 g/mol. The van der Waals surface area contributed by atoms with Gasteiger partial charge in [-0.15, -0.1) is 0 Å². The van der Waals surface area contributed by atoms with Crippen LogP contribution in [0.15, 0.2) is 48.5 Å². The second-order valence-electron chi connectivity index (χ2n) is 5.69. The van der Waals surface area contributed by atoms with Gasteiger partial charge in [-0.1, -0.05) is 66.5 Å². The maximum absolute atomic E-state index is 13.0. The van der Waals surface area contributed by atoms with Crippen LogP contribution >= 0.6 is 23.2 Å². The van der Waals surface area contributed by atoms with Crippen LogP contribution in [0.3, 0.4) is 0 Å². The van der Waals surface area contributed by atoms with Crippen molar-refractivity contribution in [3.05, 3.63) is 69.7 Å². The van der Waals surface area contributed by atoms with Crippen molar-refractivity contribution in [3.8, 4) is 0 Å². The lowest BCUT2D eigenvalue weighted by molar-refractivity contribution is -0.132. The molecule has 24 heavy (non-hydrogen) atoms. The van der Waals surface area contributed by atoms with Crippen LogP contribution in [0.25, 0.3) is 0 Å². The minimum atomic E-state index is -1.02. The molecule has 0 bridgehead atoms. The van der Waals surface area contributed by atoms with Crippen LogP contribution in [0, 0.1) is 0 Å². The molecule has 1 aliphatic rings. The lowest BCUT2D eigenvalue weighted by Crippen LogP contribution is -2.43. The van der Waals surface area contributed by atoms with Gasteiger partial charge in [0, 0.05) is 0 Å². The highest BCUT2D eigenvalue weighted by Gasteiger charge is 2.50. The number of benzene rings is 2. The summed E-state index contributed by atoms with van der Waals surface area (Å²) in [5, 5.41) is 3.69. The van der Waals surface area contributed by atoms with Gasteiger partial charge in [0.1, 0.15) is 5.54 Å². The molecule has 3 amide bonds. The number of hydrogen-bond donors (Lipinski definition) is 1. The first-order valence-corrected chi connectivity index (χ1v) is 8.37. The van der Waals surface area contributed by atoms with Crippen molar-refractivity contribution in [2.75, 3.05) is 0 Å². The largest absolute Gasteiger partial charge is 0.325 e. The molecular formula is C18H16Cl2N2O2. The molecule has 0 spiro atoms. The van der Waals surface area contributed by atoms with Crippen LogP contribution in [0.4, 0.5) is 4.79 Å². The molecule has 0 aromatic heterocycles. The van der Waals surface area contributed by atoms with E-state index >= 15 is 0 Å². The number of carbonyl (C=O) groups is 2. The molecule has 1 N–H and O–H groups in total. The van der Waals surface area contributed by atoms with E-state index in [0.29, 0.717) is 16.5 Å². The summed E-state index contributed by atoms with van der Waals surface area (Å²) in [4.78, 5) is 26.7. The molecule has 3 rings (SSSR count). The SMILES string of the molecule is CCC1(c2ccccc2)NC(=O)N(Cc2ccc(Cl)c(Cl)c2)C1=O. The Morgan fingerprint density at radius 2 is 1.75 bits per heavy atom. The van der Waals surface area contributed by atoms with Crippen molar-refractivity contribution >= 4 is 35.1 Å². The highest BCUT2D eigenvalue weighted by molar-refractivity contribution is 6.42. The van der Waals surface area contributed by atoms with Crippen molar-refractivity contribution in [1.29, 1.82) is 0 Å². The van der Waals surface area contributed by atoms with E-state index < -0.39 is 11.6 Å². The summed E-state index contributed by atoms with van der Waals surface area (Å²) in [6.45, 7) is 2.03. The minimum absolute atomic E-state index is 0.149. The van der Waals surface area contributed by atoms with Crippen molar-refractivity contribution in [2.45, 2.75) is 25.4 Å². The van der Waals surface area contributed by atoms with E-state index in [1.165, 1.54) is 4.90 Å². The highest BCUT2D eigenvalue weighted by Crippen LogP contribution is 2.33. The summed E-state index contributed by atoms with van der Waals surface area (Å²) >= 11 is 11.9. The lowest BCUT2D eigenvalue weighted by Gasteiger charge is -2.25. The normalized spacial score (nSPS) is 20.4. The summed E-state index contributed by atoms with van der Waals surface area (Å²) in [6, 6.07) is 14.0. The maximum Gasteiger partial charge on any atom is 0.325 e. The van der Waals surface area contributed by atoms with Gasteiger partial charge in [-0.2, -0.15) is 0 Å². The van der Waals surface area contributed by atoms with Gasteiger partial charge in [0.15, 0.2) is 0 Å². The van der Waals surface area contributed by atoms with Crippen molar-refractivity contribution < 1.29 is 9.59 Å². The number of nitrogens with zero attached hydrogens (tertiary/aromatic N) is 1. The summed E-state index contributed by atoms with van der Waals surface area (Å²) in [6.07, 6.45) is 0.472. The van der Waals surface area contributed by atoms with Crippen molar-refractivity contribution in [1.82, 2.24) is 10.2 Å². The highest BCUT2D eigenvalue weighted by atomic mass is 35.5. The number of nitrogens with one attached hydrogen (secondary N) is 1. The maximum atomic E-state index is 13.0. The zero-order valence-electron chi connectivity index (χ0n) is 13.1. The van der Waals surface area contributed by atoms with Gasteiger partial charge in [0.05, 0.1) is 16.6 Å². The Kier molecular flexibility index (Phi) is 4.52. The van der Waals surface area contributed by atoms with Crippen LogP contribution in [0.2, 0.25) is 10.0 Å². The van der Waals surface area contributed by atoms with E-state index in [0.717, 1.165) is 11.1 Å². The molecule has 2 aromatic carbocycles. The van der Waals surface area contributed by atoms with Gasteiger partial charge in [-0.05, 0) is 29.7 Å². The average molecular weight is 363 g/mol. The Morgan fingerprint density at radius 3 is 2.38 bits per heavy atom. The summed E-state index contributed by atoms with van der Waals surface area (Å²) in [5.74, 6) is -0.257. The third-order valence-corrected chi connectivity index (χ3v) is 5.04.